The maximum Gasteiger partial charge on any atom is 0.110 e. The summed E-state index contributed by atoms with van der Waals surface area (Å²) >= 11 is 0. The highest BCUT2D eigenvalue weighted by atomic mass is 16.6. The Hall–Kier alpha value is -0.340. The second-order valence-electron chi connectivity index (χ2n) is 4.44. The summed E-state index contributed by atoms with van der Waals surface area (Å²) in [5.74, 6) is 0. The Balaban J connectivity index is 1.89. The molecule has 2 heteroatoms. The van der Waals surface area contributed by atoms with Gasteiger partial charge in [0.1, 0.15) is 11.7 Å². The molecule has 2 fully saturated rings. The third kappa shape index (κ3) is 1.29. The van der Waals surface area contributed by atoms with Gasteiger partial charge in [0.25, 0.3) is 0 Å². The molecule has 0 unspecified atom stereocenters. The summed E-state index contributed by atoms with van der Waals surface area (Å²) < 4.78 is 10.8. The van der Waals surface area contributed by atoms with Gasteiger partial charge >= 0.3 is 0 Å². The predicted octanol–water partition coefficient (Wildman–Crippen LogP) is 1.90. The molecule has 0 N–H and O–H groups in total. The monoisotopic (exact) mass is 168 g/mol. The number of hydrogen-bond acceptors (Lipinski definition) is 2. The number of epoxide rings is 2. The van der Waals surface area contributed by atoms with E-state index in [9.17, 15) is 0 Å². The van der Waals surface area contributed by atoms with Crippen molar-refractivity contribution in [1.82, 2.24) is 0 Å². The molecule has 0 aliphatic carbocycles. The molecule has 2 nitrogen and oxygen atoms in total. The van der Waals surface area contributed by atoms with E-state index >= 15 is 0 Å². The molecule has 2 heterocycles. The van der Waals surface area contributed by atoms with Crippen LogP contribution >= 0.6 is 0 Å². The van der Waals surface area contributed by atoms with Crippen LogP contribution in [0.5, 0.6) is 0 Å². The van der Waals surface area contributed by atoms with E-state index in [0.29, 0.717) is 12.2 Å². The minimum Gasteiger partial charge on any atom is -0.362 e. The lowest BCUT2D eigenvalue weighted by molar-refractivity contribution is 0.331. The normalized spacial score (nSPS) is 49.7. The summed E-state index contributed by atoms with van der Waals surface area (Å²) in [6.07, 6.45) is 4.90. The van der Waals surface area contributed by atoms with Gasteiger partial charge in [-0.3, -0.25) is 0 Å². The first-order chi connectivity index (χ1) is 5.44. The van der Waals surface area contributed by atoms with E-state index in [1.165, 1.54) is 0 Å². The molecule has 0 aromatic rings. The molecule has 12 heavy (non-hydrogen) atoms. The Kier molecular flexibility index (Phi) is 1.46. The van der Waals surface area contributed by atoms with Gasteiger partial charge < -0.3 is 9.47 Å². The van der Waals surface area contributed by atoms with Crippen molar-refractivity contribution in [2.75, 3.05) is 0 Å². The molecule has 2 aliphatic heterocycles. The van der Waals surface area contributed by atoms with Crippen LogP contribution in [0.1, 0.15) is 27.7 Å². The van der Waals surface area contributed by atoms with Gasteiger partial charge in [-0.1, -0.05) is 12.2 Å². The fourth-order valence-corrected chi connectivity index (χ4v) is 1.36. The second-order valence-corrected chi connectivity index (χ2v) is 4.44. The molecule has 0 spiro atoms. The highest BCUT2D eigenvalue weighted by Gasteiger charge is 2.49. The Labute approximate surface area is 73.5 Å². The number of ether oxygens (including phenoxy) is 2. The zero-order valence-corrected chi connectivity index (χ0v) is 8.13. The smallest absolute Gasteiger partial charge is 0.110 e. The summed E-state index contributed by atoms with van der Waals surface area (Å²) in [6.45, 7) is 8.38. The van der Waals surface area contributed by atoms with Crippen molar-refractivity contribution in [2.24, 2.45) is 0 Å². The minimum absolute atomic E-state index is 0.0119. The molecule has 68 valence electrons. The molecule has 0 aromatic carbocycles. The molecule has 2 aliphatic rings. The van der Waals surface area contributed by atoms with Gasteiger partial charge in [0, 0.05) is 0 Å². The molecular formula is C10H16O2. The van der Waals surface area contributed by atoms with Crippen molar-refractivity contribution >= 4 is 0 Å². The maximum absolute atomic E-state index is 5.42. The van der Waals surface area contributed by atoms with Crippen molar-refractivity contribution < 1.29 is 9.47 Å². The molecule has 2 rings (SSSR count). The van der Waals surface area contributed by atoms with Crippen molar-refractivity contribution in [3.8, 4) is 0 Å². The average Bonchev–Trinajstić information content (AvgIpc) is 2.72. The molecular weight excluding hydrogens is 152 g/mol. The van der Waals surface area contributed by atoms with Crippen LogP contribution in [-0.2, 0) is 9.47 Å². The van der Waals surface area contributed by atoms with Crippen molar-refractivity contribution in [3.63, 3.8) is 0 Å². The Morgan fingerprint density at radius 2 is 1.67 bits per heavy atom. The minimum atomic E-state index is -0.0119. The highest BCUT2D eigenvalue weighted by Crippen LogP contribution is 2.40. The van der Waals surface area contributed by atoms with Gasteiger partial charge in [0.15, 0.2) is 0 Å². The Bertz CT molecular complexity index is 232. The van der Waals surface area contributed by atoms with Gasteiger partial charge in [-0.2, -0.15) is 0 Å². The third-order valence-electron chi connectivity index (χ3n) is 2.84. The number of hydrogen-bond donors (Lipinski definition) is 0. The van der Waals surface area contributed by atoms with E-state index in [-0.39, 0.29) is 11.2 Å². The summed E-state index contributed by atoms with van der Waals surface area (Å²) in [5, 5.41) is 0. The van der Waals surface area contributed by atoms with Crippen LogP contribution < -0.4 is 0 Å². The van der Waals surface area contributed by atoms with Crippen LogP contribution in [-0.4, -0.2) is 23.4 Å². The first kappa shape index (κ1) is 8.27. The lowest BCUT2D eigenvalue weighted by Gasteiger charge is -1.94. The first-order valence-electron chi connectivity index (χ1n) is 4.49. The standard InChI is InChI=1S/C10H16O2/c1-7-10(4,11-7)6-5-8-9(2,3)12-8/h5-8H,1-4H3/b6-5+/t7-,8-,10+/m0/s1. The zero-order valence-electron chi connectivity index (χ0n) is 8.13. The molecule has 0 saturated carbocycles. The van der Waals surface area contributed by atoms with Gasteiger partial charge in [0.05, 0.1) is 11.7 Å². The topological polar surface area (TPSA) is 25.1 Å². The van der Waals surface area contributed by atoms with Crippen LogP contribution in [0.2, 0.25) is 0 Å². The quantitative estimate of drug-likeness (QED) is 0.464. The van der Waals surface area contributed by atoms with Crippen LogP contribution in [0, 0.1) is 0 Å². The molecule has 2 saturated heterocycles. The SMILES string of the molecule is C[C@@H]1O[C@]1(C)/C=C/[C@@H]1OC1(C)C. The molecule has 0 radical (unpaired) electrons. The summed E-state index contributed by atoms with van der Waals surface area (Å²) in [5.41, 5.74) is 0.0486. The zero-order chi connectivity index (χ0) is 8.98. The van der Waals surface area contributed by atoms with E-state index in [0.717, 1.165) is 0 Å². The first-order valence-corrected chi connectivity index (χ1v) is 4.49. The fourth-order valence-electron chi connectivity index (χ4n) is 1.36. The predicted molar refractivity (Wildman–Crippen MR) is 47.0 cm³/mol. The van der Waals surface area contributed by atoms with E-state index in [1.807, 2.05) is 0 Å². The molecule has 0 bridgehead atoms. The van der Waals surface area contributed by atoms with E-state index in [2.05, 4.69) is 39.8 Å². The van der Waals surface area contributed by atoms with E-state index in [1.54, 1.807) is 0 Å². The molecule has 0 amide bonds. The highest BCUT2D eigenvalue weighted by molar-refractivity contribution is 5.18. The Morgan fingerprint density at radius 3 is 2.00 bits per heavy atom. The van der Waals surface area contributed by atoms with Crippen LogP contribution in [0.25, 0.3) is 0 Å². The lowest BCUT2D eigenvalue weighted by Crippen LogP contribution is -2.05. The van der Waals surface area contributed by atoms with Crippen molar-refractivity contribution in [2.45, 2.75) is 51.1 Å². The van der Waals surface area contributed by atoms with E-state index in [4.69, 9.17) is 9.47 Å². The average molecular weight is 168 g/mol. The van der Waals surface area contributed by atoms with Crippen LogP contribution in [0.4, 0.5) is 0 Å². The lowest BCUT2D eigenvalue weighted by atomic mass is 10.1. The van der Waals surface area contributed by atoms with Crippen LogP contribution in [0.15, 0.2) is 12.2 Å². The van der Waals surface area contributed by atoms with Crippen LogP contribution in [0.3, 0.4) is 0 Å². The second kappa shape index (κ2) is 2.12. The maximum atomic E-state index is 5.42. The van der Waals surface area contributed by atoms with Gasteiger partial charge in [-0.25, -0.2) is 0 Å². The third-order valence-corrected chi connectivity index (χ3v) is 2.84. The summed E-state index contributed by atoms with van der Waals surface area (Å²) in [7, 11) is 0. The van der Waals surface area contributed by atoms with Gasteiger partial charge in [-0.15, -0.1) is 0 Å². The molecule has 0 aromatic heterocycles. The van der Waals surface area contributed by atoms with E-state index < -0.39 is 0 Å². The van der Waals surface area contributed by atoms with Crippen molar-refractivity contribution in [1.29, 1.82) is 0 Å². The van der Waals surface area contributed by atoms with Gasteiger partial charge in [-0.05, 0) is 27.7 Å². The summed E-state index contributed by atoms with van der Waals surface area (Å²) in [6, 6.07) is 0. The van der Waals surface area contributed by atoms with Gasteiger partial charge in [0.2, 0.25) is 0 Å². The van der Waals surface area contributed by atoms with Crippen molar-refractivity contribution in [3.05, 3.63) is 12.2 Å². The summed E-state index contributed by atoms with van der Waals surface area (Å²) in [4.78, 5) is 0. The Morgan fingerprint density at radius 1 is 1.17 bits per heavy atom. The number of rotatable bonds is 2. The fraction of sp³-hybridized carbons (Fsp3) is 0.800. The largest absolute Gasteiger partial charge is 0.362 e. The molecule has 3 atom stereocenters.